The molecule has 0 aromatic rings. The van der Waals surface area contributed by atoms with Crippen molar-refractivity contribution in [2.75, 3.05) is 26.4 Å². The fraction of sp³-hybridized carbons (Fsp3) is 0.773. The van der Waals surface area contributed by atoms with Crippen molar-refractivity contribution in [1.82, 2.24) is 5.32 Å². The van der Waals surface area contributed by atoms with E-state index in [9.17, 15) is 61.0 Å². The first-order chi connectivity index (χ1) is 41.3. The van der Waals surface area contributed by atoms with E-state index in [2.05, 4.69) is 92.1 Å². The molecule has 85 heavy (non-hydrogen) atoms. The number of allylic oxidation sites excluding steroid dienone is 13. The van der Waals surface area contributed by atoms with Gasteiger partial charge in [0.25, 0.3) is 0 Å². The predicted octanol–water partition coefficient (Wildman–Crippen LogP) is 7.15. The number of hydrogen-bond acceptors (Lipinski definition) is 18. The molecule has 3 heterocycles. The van der Waals surface area contributed by atoms with Gasteiger partial charge in [-0.3, -0.25) is 4.79 Å². The molecular formula is C66H113NO18. The van der Waals surface area contributed by atoms with Gasteiger partial charge in [0.15, 0.2) is 18.9 Å². The molecule has 19 heteroatoms. The average molecular weight is 1210 g/mol. The number of carbonyl (C=O) groups excluding carboxylic acids is 1. The molecule has 3 rings (SSSR count). The fourth-order valence-electron chi connectivity index (χ4n) is 10.4. The smallest absolute Gasteiger partial charge is 0.220 e. The van der Waals surface area contributed by atoms with E-state index in [4.69, 9.17) is 28.4 Å². The van der Waals surface area contributed by atoms with Crippen molar-refractivity contribution in [3.05, 3.63) is 85.1 Å². The second-order valence-corrected chi connectivity index (χ2v) is 22.8. The quantitative estimate of drug-likeness (QED) is 0.0213. The van der Waals surface area contributed by atoms with Crippen LogP contribution in [0.4, 0.5) is 0 Å². The van der Waals surface area contributed by atoms with Gasteiger partial charge in [-0.2, -0.15) is 0 Å². The van der Waals surface area contributed by atoms with Crippen LogP contribution in [0.1, 0.15) is 194 Å². The number of unbranched alkanes of at least 4 members (excludes halogenated alkanes) is 19. The first-order valence-corrected chi connectivity index (χ1v) is 32.3. The summed E-state index contributed by atoms with van der Waals surface area (Å²) in [6, 6.07) is -0.998. The number of hydrogen-bond donors (Lipinski definition) is 12. The van der Waals surface area contributed by atoms with Gasteiger partial charge in [0.1, 0.15) is 73.2 Å². The van der Waals surface area contributed by atoms with Crippen LogP contribution in [-0.4, -0.2) is 193 Å². The summed E-state index contributed by atoms with van der Waals surface area (Å²) in [5.74, 6) is -0.296. The molecule has 3 aliphatic heterocycles. The highest BCUT2D eigenvalue weighted by atomic mass is 16.8. The second kappa shape index (κ2) is 47.9. The summed E-state index contributed by atoms with van der Waals surface area (Å²) in [6.45, 7) is 1.57. The van der Waals surface area contributed by atoms with Crippen LogP contribution in [0.3, 0.4) is 0 Å². The Morgan fingerprint density at radius 3 is 1.32 bits per heavy atom. The third-order valence-electron chi connectivity index (χ3n) is 15.7. The van der Waals surface area contributed by atoms with E-state index in [1.807, 2.05) is 6.08 Å². The van der Waals surface area contributed by atoms with Crippen molar-refractivity contribution in [3.8, 4) is 0 Å². The van der Waals surface area contributed by atoms with Crippen molar-refractivity contribution in [1.29, 1.82) is 0 Å². The molecule has 0 radical (unpaired) electrons. The van der Waals surface area contributed by atoms with Crippen molar-refractivity contribution < 1.29 is 89.4 Å². The SMILES string of the molecule is CC/C=C\C/C=C\C/C=C\C/C=C\C/C=C\CCCCCCCCCCCC(=O)NC(COC1OC(CO)C(OC2OC(CO)C(OC3OC(CO)C(O)C(O)C3O)C(O)C2O)C(O)C1O)C(O)/C=C/CC/C=C/CCCCCCCCCCC. The standard InChI is InChI=1S/C66H113NO18/c1-3-5-7-9-11-13-15-17-19-20-21-22-23-24-25-26-27-28-30-32-34-36-38-40-42-44-54(72)67-49(50(71)43-41-39-37-35-33-31-29-18-16-14-12-10-8-6-4-2)48-80-64-60(78)57(75)62(52(46-69)82-64)85-66-61(79)58(76)63(53(47-70)83-66)84-65-59(77)56(74)55(73)51(45-68)81-65/h5,7,11,13,17,19,21-22,24-25,33,35,41,43,49-53,55-66,68-71,73-79H,3-4,6,8-10,12,14-16,18,20,23,26-32,34,36-40,42,44-48H2,1-2H3,(H,67,72)/b7-5-,13-11-,19-17-,22-21-,25-24-,35-33+,43-41+. The van der Waals surface area contributed by atoms with Crippen LogP contribution in [-0.2, 0) is 33.2 Å². The summed E-state index contributed by atoms with van der Waals surface area (Å²) in [7, 11) is 0. The van der Waals surface area contributed by atoms with E-state index in [0.29, 0.717) is 12.8 Å². The monoisotopic (exact) mass is 1210 g/mol. The molecule has 17 unspecified atom stereocenters. The summed E-state index contributed by atoms with van der Waals surface area (Å²) in [6.07, 6.45) is 32.7. The highest BCUT2D eigenvalue weighted by molar-refractivity contribution is 5.76. The zero-order chi connectivity index (χ0) is 61.9. The van der Waals surface area contributed by atoms with Crippen LogP contribution in [0.25, 0.3) is 0 Å². The number of amides is 1. The first kappa shape index (κ1) is 76.2. The zero-order valence-corrected chi connectivity index (χ0v) is 51.3. The van der Waals surface area contributed by atoms with E-state index >= 15 is 0 Å². The van der Waals surface area contributed by atoms with E-state index in [1.165, 1.54) is 77.0 Å². The Hall–Kier alpha value is -3.03. The maximum atomic E-state index is 13.4. The molecule has 490 valence electrons. The minimum atomic E-state index is -1.98. The third-order valence-corrected chi connectivity index (χ3v) is 15.7. The lowest BCUT2D eigenvalue weighted by Gasteiger charge is -2.48. The highest BCUT2D eigenvalue weighted by Crippen LogP contribution is 2.33. The molecule has 19 nitrogen and oxygen atoms in total. The summed E-state index contributed by atoms with van der Waals surface area (Å²) in [4.78, 5) is 13.4. The predicted molar refractivity (Wildman–Crippen MR) is 328 cm³/mol. The molecule has 3 fully saturated rings. The van der Waals surface area contributed by atoms with Gasteiger partial charge < -0.3 is 89.9 Å². The number of aliphatic hydroxyl groups excluding tert-OH is 11. The molecule has 17 atom stereocenters. The Labute approximate surface area is 508 Å². The minimum absolute atomic E-state index is 0.223. The lowest BCUT2D eigenvalue weighted by molar-refractivity contribution is -0.379. The summed E-state index contributed by atoms with van der Waals surface area (Å²) >= 11 is 0. The van der Waals surface area contributed by atoms with Crippen LogP contribution in [0, 0.1) is 0 Å². The normalized spacial score (nSPS) is 29.5. The summed E-state index contributed by atoms with van der Waals surface area (Å²) in [5.41, 5.74) is 0. The average Bonchev–Trinajstić information content (AvgIpc) is 3.63. The molecule has 0 aromatic heterocycles. The molecule has 1 amide bonds. The molecule has 0 bridgehead atoms. The van der Waals surface area contributed by atoms with Crippen LogP contribution < -0.4 is 5.32 Å². The number of nitrogens with one attached hydrogen (secondary N) is 1. The fourth-order valence-corrected chi connectivity index (χ4v) is 10.4. The molecular weight excluding hydrogens is 1090 g/mol. The van der Waals surface area contributed by atoms with Gasteiger partial charge in [0.05, 0.1) is 38.6 Å². The lowest BCUT2D eigenvalue weighted by atomic mass is 9.96. The lowest BCUT2D eigenvalue weighted by Crippen LogP contribution is -2.66. The van der Waals surface area contributed by atoms with E-state index in [-0.39, 0.29) is 18.9 Å². The van der Waals surface area contributed by atoms with Gasteiger partial charge in [0.2, 0.25) is 5.91 Å². The van der Waals surface area contributed by atoms with Crippen molar-refractivity contribution >= 4 is 5.91 Å². The van der Waals surface area contributed by atoms with E-state index in [0.717, 1.165) is 83.5 Å². The molecule has 0 aromatic carbocycles. The van der Waals surface area contributed by atoms with Gasteiger partial charge in [-0.1, -0.05) is 195 Å². The second-order valence-electron chi connectivity index (χ2n) is 22.8. The number of ether oxygens (including phenoxy) is 6. The topological polar surface area (TPSA) is 307 Å². The third kappa shape index (κ3) is 30.8. The summed E-state index contributed by atoms with van der Waals surface area (Å²) in [5, 5.41) is 120. The van der Waals surface area contributed by atoms with Gasteiger partial charge in [-0.25, -0.2) is 0 Å². The maximum absolute atomic E-state index is 13.4. The Morgan fingerprint density at radius 1 is 0.435 bits per heavy atom. The number of carbonyl (C=O) groups is 1. The molecule has 3 saturated heterocycles. The first-order valence-electron chi connectivity index (χ1n) is 32.3. The van der Waals surface area contributed by atoms with Crippen molar-refractivity contribution in [2.24, 2.45) is 0 Å². The van der Waals surface area contributed by atoms with Gasteiger partial charge in [0, 0.05) is 6.42 Å². The molecule has 12 N–H and O–H groups in total. The Bertz CT molecular complexity index is 1880. The van der Waals surface area contributed by atoms with Gasteiger partial charge in [-0.15, -0.1) is 0 Å². The minimum Gasteiger partial charge on any atom is -0.394 e. The number of aliphatic hydroxyl groups is 11. The Kier molecular flexibility index (Phi) is 43.0. The van der Waals surface area contributed by atoms with Crippen LogP contribution in [0.5, 0.6) is 0 Å². The molecule has 0 aliphatic carbocycles. The van der Waals surface area contributed by atoms with Crippen LogP contribution in [0.2, 0.25) is 0 Å². The zero-order valence-electron chi connectivity index (χ0n) is 51.3. The maximum Gasteiger partial charge on any atom is 0.220 e. The van der Waals surface area contributed by atoms with Crippen LogP contribution in [0.15, 0.2) is 85.1 Å². The van der Waals surface area contributed by atoms with Gasteiger partial charge >= 0.3 is 0 Å². The van der Waals surface area contributed by atoms with Crippen molar-refractivity contribution in [3.63, 3.8) is 0 Å². The largest absolute Gasteiger partial charge is 0.394 e. The Balaban J connectivity index is 1.46. The highest BCUT2D eigenvalue weighted by Gasteiger charge is 2.53. The van der Waals surface area contributed by atoms with Crippen LogP contribution >= 0.6 is 0 Å². The molecule has 0 spiro atoms. The molecule has 3 aliphatic rings. The van der Waals surface area contributed by atoms with E-state index < -0.39 is 124 Å². The Morgan fingerprint density at radius 2 is 0.824 bits per heavy atom. The number of rotatable bonds is 47. The molecule has 0 saturated carbocycles. The van der Waals surface area contributed by atoms with Crippen molar-refractivity contribution in [2.45, 2.75) is 298 Å². The summed E-state index contributed by atoms with van der Waals surface area (Å²) < 4.78 is 34.3. The van der Waals surface area contributed by atoms with Gasteiger partial charge in [-0.05, 0) is 77.0 Å². The van der Waals surface area contributed by atoms with E-state index in [1.54, 1.807) is 6.08 Å².